The smallest absolute Gasteiger partial charge is 0.259 e. The van der Waals surface area contributed by atoms with Gasteiger partial charge in [-0.05, 0) is 18.2 Å². The minimum Gasteiger partial charge on any atom is -0.372 e. The zero-order valence-corrected chi connectivity index (χ0v) is 11.8. The summed E-state index contributed by atoms with van der Waals surface area (Å²) in [7, 11) is 3.18. The van der Waals surface area contributed by atoms with Crippen molar-refractivity contribution in [1.82, 2.24) is 4.98 Å². The Morgan fingerprint density at radius 2 is 2.10 bits per heavy atom. The van der Waals surface area contributed by atoms with Crippen molar-refractivity contribution in [3.05, 3.63) is 52.9 Å². The number of rotatable bonds is 3. The van der Waals surface area contributed by atoms with Gasteiger partial charge in [-0.1, -0.05) is 23.7 Å². The summed E-state index contributed by atoms with van der Waals surface area (Å²) in [6, 6.07) is 7.56. The number of pyridine rings is 1. The van der Waals surface area contributed by atoms with Crippen LogP contribution in [0.1, 0.15) is 10.4 Å². The molecule has 0 fully saturated rings. The molecule has 1 amide bonds. The van der Waals surface area contributed by atoms with Gasteiger partial charge in [0.05, 0.1) is 16.3 Å². The monoisotopic (exact) mass is 293 g/mol. The Bertz CT molecular complexity index is 648. The molecule has 0 spiro atoms. The number of carbonyl (C=O) groups is 1. The second-order valence-electron chi connectivity index (χ2n) is 4.12. The van der Waals surface area contributed by atoms with Gasteiger partial charge in [-0.15, -0.1) is 0 Å². The molecule has 1 aromatic carbocycles. The number of hydrogen-bond acceptors (Lipinski definition) is 3. The van der Waals surface area contributed by atoms with E-state index in [2.05, 4.69) is 10.3 Å². The van der Waals surface area contributed by atoms with E-state index in [9.17, 15) is 9.18 Å². The summed E-state index contributed by atoms with van der Waals surface area (Å²) < 4.78 is 13.7. The highest BCUT2D eigenvalue weighted by Gasteiger charge is 2.17. The zero-order chi connectivity index (χ0) is 14.7. The van der Waals surface area contributed by atoms with E-state index >= 15 is 0 Å². The first kappa shape index (κ1) is 14.3. The predicted molar refractivity (Wildman–Crippen MR) is 77.9 cm³/mol. The molecule has 0 radical (unpaired) electrons. The van der Waals surface area contributed by atoms with Gasteiger partial charge in [0.25, 0.3) is 5.91 Å². The molecule has 0 aliphatic carbocycles. The van der Waals surface area contributed by atoms with Gasteiger partial charge in [-0.2, -0.15) is 0 Å². The van der Waals surface area contributed by atoms with Gasteiger partial charge in [0.1, 0.15) is 11.6 Å². The molecule has 2 rings (SSSR count). The molecule has 0 saturated heterocycles. The lowest BCUT2D eigenvalue weighted by molar-refractivity contribution is 0.0992. The lowest BCUT2D eigenvalue weighted by atomic mass is 10.2. The summed E-state index contributed by atoms with van der Waals surface area (Å²) in [4.78, 5) is 17.5. The van der Waals surface area contributed by atoms with Gasteiger partial charge in [-0.3, -0.25) is 4.79 Å². The molecular formula is C14H13ClFN3O. The van der Waals surface area contributed by atoms with Crippen molar-refractivity contribution >= 4 is 29.0 Å². The Kier molecular flexibility index (Phi) is 4.20. The van der Waals surface area contributed by atoms with Crippen LogP contribution in [-0.4, -0.2) is 25.0 Å². The van der Waals surface area contributed by atoms with Crippen LogP contribution in [0.25, 0.3) is 0 Å². The summed E-state index contributed by atoms with van der Waals surface area (Å²) in [5.41, 5.74) is 0.492. The maximum Gasteiger partial charge on any atom is 0.259 e. The molecule has 0 saturated carbocycles. The highest BCUT2D eigenvalue weighted by Crippen LogP contribution is 2.23. The Morgan fingerprint density at radius 3 is 2.70 bits per heavy atom. The number of hydrogen-bond donors (Lipinski definition) is 1. The summed E-state index contributed by atoms with van der Waals surface area (Å²) in [6.07, 6.45) is 1.40. The molecule has 104 valence electrons. The Morgan fingerprint density at radius 1 is 1.40 bits per heavy atom. The lowest BCUT2D eigenvalue weighted by Gasteiger charge is -2.18. The molecular weight excluding hydrogens is 281 g/mol. The molecule has 2 aromatic rings. The van der Waals surface area contributed by atoms with Crippen molar-refractivity contribution in [3.63, 3.8) is 0 Å². The number of carbonyl (C=O) groups excluding carboxylic acids is 1. The molecule has 20 heavy (non-hydrogen) atoms. The van der Waals surface area contributed by atoms with E-state index < -0.39 is 5.82 Å². The van der Waals surface area contributed by atoms with E-state index in [1.54, 1.807) is 19.2 Å². The summed E-state index contributed by atoms with van der Waals surface area (Å²) >= 11 is 5.99. The van der Waals surface area contributed by atoms with Gasteiger partial charge in [0, 0.05) is 20.3 Å². The van der Waals surface area contributed by atoms with E-state index in [-0.39, 0.29) is 11.6 Å². The first-order valence-corrected chi connectivity index (χ1v) is 6.28. The molecule has 1 N–H and O–H groups in total. The normalized spacial score (nSPS) is 10.2. The van der Waals surface area contributed by atoms with E-state index in [1.807, 2.05) is 0 Å². The number of amides is 1. The van der Waals surface area contributed by atoms with Crippen molar-refractivity contribution in [2.75, 3.05) is 24.3 Å². The van der Waals surface area contributed by atoms with Crippen LogP contribution in [0.3, 0.4) is 0 Å². The van der Waals surface area contributed by atoms with Crippen molar-refractivity contribution in [2.45, 2.75) is 0 Å². The molecule has 0 aliphatic rings. The number of para-hydroxylation sites is 1. The van der Waals surface area contributed by atoms with Crippen molar-refractivity contribution in [1.29, 1.82) is 0 Å². The summed E-state index contributed by atoms with van der Waals surface area (Å²) in [6.45, 7) is 0. The first-order valence-electron chi connectivity index (χ1n) is 5.90. The van der Waals surface area contributed by atoms with Gasteiger partial charge < -0.3 is 10.2 Å². The quantitative estimate of drug-likeness (QED) is 0.945. The standard InChI is InChI=1S/C14H13ClFN3O/c1-17-13-10(15)7-9(8-18-13)14(20)19(2)12-6-4-3-5-11(12)16/h3-8H,1-2H3,(H,17,18). The second-order valence-corrected chi connectivity index (χ2v) is 4.53. The van der Waals surface area contributed by atoms with Crippen LogP contribution < -0.4 is 10.2 Å². The van der Waals surface area contributed by atoms with Gasteiger partial charge >= 0.3 is 0 Å². The predicted octanol–water partition coefficient (Wildman–Crippen LogP) is 3.19. The van der Waals surface area contributed by atoms with Crippen LogP contribution in [0.15, 0.2) is 36.5 Å². The Labute approximate surface area is 121 Å². The fourth-order valence-corrected chi connectivity index (χ4v) is 2.03. The third-order valence-electron chi connectivity index (χ3n) is 2.84. The van der Waals surface area contributed by atoms with Crippen molar-refractivity contribution in [3.8, 4) is 0 Å². The van der Waals surface area contributed by atoms with E-state index in [0.717, 1.165) is 0 Å². The average molecular weight is 294 g/mol. The van der Waals surface area contributed by atoms with Crippen LogP contribution in [0, 0.1) is 5.82 Å². The summed E-state index contributed by atoms with van der Waals surface area (Å²) in [5.74, 6) is -0.363. The third-order valence-corrected chi connectivity index (χ3v) is 3.13. The summed E-state index contributed by atoms with van der Waals surface area (Å²) in [5, 5.41) is 3.14. The van der Waals surface area contributed by atoms with Crippen LogP contribution in [0.4, 0.5) is 15.9 Å². The third kappa shape index (κ3) is 2.72. The fraction of sp³-hybridized carbons (Fsp3) is 0.143. The molecule has 6 heteroatoms. The molecule has 1 heterocycles. The maximum absolute atomic E-state index is 13.7. The molecule has 4 nitrogen and oxygen atoms in total. The van der Waals surface area contributed by atoms with Gasteiger partial charge in [0.2, 0.25) is 0 Å². The minimum atomic E-state index is -0.464. The van der Waals surface area contributed by atoms with Crippen molar-refractivity contribution < 1.29 is 9.18 Å². The van der Waals surface area contributed by atoms with Gasteiger partial charge in [-0.25, -0.2) is 9.37 Å². The van der Waals surface area contributed by atoms with Gasteiger partial charge in [0.15, 0.2) is 0 Å². The van der Waals surface area contributed by atoms with E-state index in [0.29, 0.717) is 16.4 Å². The number of nitrogens with one attached hydrogen (secondary N) is 1. The van der Waals surface area contributed by atoms with Crippen LogP contribution in [0.2, 0.25) is 5.02 Å². The SMILES string of the molecule is CNc1ncc(C(=O)N(C)c2ccccc2F)cc1Cl. The highest BCUT2D eigenvalue weighted by atomic mass is 35.5. The molecule has 0 unspecified atom stereocenters. The first-order chi connectivity index (χ1) is 9.54. The molecule has 0 aliphatic heterocycles. The van der Waals surface area contributed by atoms with Crippen LogP contribution in [-0.2, 0) is 0 Å². The second kappa shape index (κ2) is 5.88. The number of benzene rings is 1. The minimum absolute atomic E-state index is 0.200. The Balaban J connectivity index is 2.32. The number of anilines is 2. The van der Waals surface area contributed by atoms with E-state index in [4.69, 9.17) is 11.6 Å². The lowest BCUT2D eigenvalue weighted by Crippen LogP contribution is -2.27. The largest absolute Gasteiger partial charge is 0.372 e. The topological polar surface area (TPSA) is 45.2 Å². The Hall–Kier alpha value is -2.14. The maximum atomic E-state index is 13.7. The molecule has 1 aromatic heterocycles. The highest BCUT2D eigenvalue weighted by molar-refractivity contribution is 6.33. The number of halogens is 2. The molecule has 0 atom stereocenters. The van der Waals surface area contributed by atoms with Crippen LogP contribution in [0.5, 0.6) is 0 Å². The zero-order valence-electron chi connectivity index (χ0n) is 11.0. The van der Waals surface area contributed by atoms with Crippen LogP contribution >= 0.6 is 11.6 Å². The van der Waals surface area contributed by atoms with Crippen molar-refractivity contribution in [2.24, 2.45) is 0 Å². The van der Waals surface area contributed by atoms with E-state index in [1.165, 1.54) is 36.3 Å². The number of nitrogens with zero attached hydrogens (tertiary/aromatic N) is 2. The molecule has 0 bridgehead atoms. The average Bonchev–Trinajstić information content (AvgIpc) is 2.46. The fourth-order valence-electron chi connectivity index (χ4n) is 1.77. The number of aromatic nitrogens is 1.